The molecule has 3 rings (SSSR count). The number of amides is 1. The quantitative estimate of drug-likeness (QED) is 0.704. The Morgan fingerprint density at radius 1 is 0.931 bits per heavy atom. The highest BCUT2D eigenvalue weighted by molar-refractivity contribution is 6.30. The highest BCUT2D eigenvalue weighted by Gasteiger charge is 2.35. The first kappa shape index (κ1) is 21.3. The first-order chi connectivity index (χ1) is 14.0. The predicted molar refractivity (Wildman–Crippen MR) is 112 cm³/mol. The second-order valence-electron chi connectivity index (χ2n) is 6.99. The lowest BCUT2D eigenvalue weighted by Gasteiger charge is -2.40. The van der Waals surface area contributed by atoms with Crippen molar-refractivity contribution in [1.82, 2.24) is 9.80 Å². The number of rotatable bonds is 7. The van der Waals surface area contributed by atoms with Gasteiger partial charge >= 0.3 is 5.97 Å². The number of esters is 1. The predicted octanol–water partition coefficient (Wildman–Crippen LogP) is 2.79. The Hall–Kier alpha value is -2.41. The largest absolute Gasteiger partial charge is 0.465 e. The molecule has 1 heterocycles. The number of benzene rings is 2. The van der Waals surface area contributed by atoms with Crippen molar-refractivity contribution in [1.29, 1.82) is 0 Å². The fraction of sp³-hybridized carbons (Fsp3) is 0.364. The van der Waals surface area contributed by atoms with Crippen molar-refractivity contribution < 1.29 is 14.3 Å². The molecule has 1 aliphatic rings. The van der Waals surface area contributed by atoms with Crippen molar-refractivity contribution in [2.75, 3.05) is 32.8 Å². The second kappa shape index (κ2) is 9.87. The summed E-state index contributed by atoms with van der Waals surface area (Å²) in [5.74, 6) is -0.651. The van der Waals surface area contributed by atoms with Gasteiger partial charge in [0.05, 0.1) is 6.61 Å². The summed E-state index contributed by atoms with van der Waals surface area (Å²) in [6.07, 6.45) is 0. The van der Waals surface area contributed by atoms with Crippen LogP contribution in [0.5, 0.6) is 0 Å². The highest BCUT2D eigenvalue weighted by atomic mass is 35.5. The van der Waals surface area contributed by atoms with Crippen molar-refractivity contribution >= 4 is 23.5 Å². The lowest BCUT2D eigenvalue weighted by molar-refractivity contribution is -0.151. The molecule has 7 heteroatoms. The molecule has 2 aromatic rings. The minimum atomic E-state index is -0.502. The van der Waals surface area contributed by atoms with E-state index < -0.39 is 12.1 Å². The van der Waals surface area contributed by atoms with E-state index in [1.54, 1.807) is 19.1 Å². The van der Waals surface area contributed by atoms with Crippen molar-refractivity contribution in [3.63, 3.8) is 0 Å². The molecule has 1 aliphatic heterocycles. The number of carbonyl (C=O) groups is 2. The summed E-state index contributed by atoms with van der Waals surface area (Å²) in [4.78, 5) is 29.0. The van der Waals surface area contributed by atoms with Crippen molar-refractivity contribution in [2.45, 2.75) is 19.0 Å². The van der Waals surface area contributed by atoms with Crippen LogP contribution in [0.25, 0.3) is 0 Å². The van der Waals surface area contributed by atoms with Crippen LogP contribution < -0.4 is 5.73 Å². The van der Waals surface area contributed by atoms with Crippen molar-refractivity contribution in [3.8, 4) is 0 Å². The van der Waals surface area contributed by atoms with Gasteiger partial charge in [-0.3, -0.25) is 14.6 Å². The van der Waals surface area contributed by atoms with Gasteiger partial charge in [-0.25, -0.2) is 4.79 Å². The van der Waals surface area contributed by atoms with Crippen LogP contribution >= 0.6 is 11.6 Å². The molecule has 0 bridgehead atoms. The lowest BCUT2D eigenvalue weighted by Crippen LogP contribution is -2.52. The van der Waals surface area contributed by atoms with Crippen LogP contribution in [0.15, 0.2) is 54.6 Å². The Kier molecular flexibility index (Phi) is 7.25. The molecule has 0 radical (unpaired) electrons. The van der Waals surface area contributed by atoms with Crippen LogP contribution in [0.3, 0.4) is 0 Å². The van der Waals surface area contributed by atoms with Gasteiger partial charge in [-0.1, -0.05) is 54.1 Å². The average molecular weight is 416 g/mol. The lowest BCUT2D eigenvalue weighted by atomic mass is 10.0. The van der Waals surface area contributed by atoms with Crippen molar-refractivity contribution in [3.05, 3.63) is 70.7 Å². The van der Waals surface area contributed by atoms with Gasteiger partial charge in [-0.15, -0.1) is 0 Å². The number of nitrogens with zero attached hydrogens (tertiary/aromatic N) is 2. The highest BCUT2D eigenvalue weighted by Crippen LogP contribution is 2.28. The maximum atomic E-state index is 12.7. The van der Waals surface area contributed by atoms with Crippen LogP contribution in [-0.2, 0) is 14.3 Å². The molecule has 1 amide bonds. The minimum absolute atomic E-state index is 0.280. The molecule has 0 spiro atoms. The Balaban J connectivity index is 1.76. The van der Waals surface area contributed by atoms with Gasteiger partial charge < -0.3 is 10.5 Å². The number of ether oxygens (including phenoxy) is 1. The van der Waals surface area contributed by atoms with Gasteiger partial charge in [-0.2, -0.15) is 0 Å². The molecule has 2 N–H and O–H groups in total. The molecule has 1 saturated heterocycles. The fourth-order valence-electron chi connectivity index (χ4n) is 3.81. The van der Waals surface area contributed by atoms with Gasteiger partial charge in [0.2, 0.25) is 5.91 Å². The number of nitrogens with two attached hydrogens (primary N) is 1. The average Bonchev–Trinajstić information content (AvgIpc) is 2.72. The summed E-state index contributed by atoms with van der Waals surface area (Å²) in [6, 6.07) is 15.8. The molecule has 1 fully saturated rings. The molecule has 0 aliphatic carbocycles. The van der Waals surface area contributed by atoms with Crippen molar-refractivity contribution in [2.24, 2.45) is 5.73 Å². The van der Waals surface area contributed by atoms with Crippen LogP contribution in [0, 0.1) is 0 Å². The van der Waals surface area contributed by atoms with E-state index in [4.69, 9.17) is 22.1 Å². The molecular formula is C22H26ClN3O3. The molecule has 6 nitrogen and oxygen atoms in total. The van der Waals surface area contributed by atoms with Crippen LogP contribution in [0.1, 0.15) is 30.1 Å². The van der Waals surface area contributed by atoms with Crippen LogP contribution in [0.2, 0.25) is 5.02 Å². The summed E-state index contributed by atoms with van der Waals surface area (Å²) in [5.41, 5.74) is 7.43. The normalized spacial score (nSPS) is 17.4. The van der Waals surface area contributed by atoms with Gasteiger partial charge in [-0.05, 0) is 30.2 Å². The van der Waals surface area contributed by atoms with E-state index in [0.29, 0.717) is 37.8 Å². The summed E-state index contributed by atoms with van der Waals surface area (Å²) in [7, 11) is 0. The number of piperazine rings is 1. The van der Waals surface area contributed by atoms with E-state index in [9.17, 15) is 9.59 Å². The number of primary amides is 1. The second-order valence-corrected chi connectivity index (χ2v) is 7.43. The van der Waals surface area contributed by atoms with E-state index in [1.807, 2.05) is 42.5 Å². The van der Waals surface area contributed by atoms with Gasteiger partial charge in [0, 0.05) is 31.2 Å². The zero-order chi connectivity index (χ0) is 20.8. The zero-order valence-electron chi connectivity index (χ0n) is 16.5. The van der Waals surface area contributed by atoms with Crippen LogP contribution in [0.4, 0.5) is 0 Å². The monoisotopic (exact) mass is 415 g/mol. The number of hydrogen-bond donors (Lipinski definition) is 1. The topological polar surface area (TPSA) is 75.9 Å². The van der Waals surface area contributed by atoms with Gasteiger partial charge in [0.15, 0.2) is 0 Å². The smallest absolute Gasteiger partial charge is 0.328 e. The van der Waals surface area contributed by atoms with E-state index in [-0.39, 0.29) is 11.9 Å². The number of halogens is 1. The maximum absolute atomic E-state index is 12.7. The third-order valence-electron chi connectivity index (χ3n) is 5.16. The van der Waals surface area contributed by atoms with Gasteiger partial charge in [0.1, 0.15) is 12.1 Å². The molecule has 154 valence electrons. The Bertz CT molecular complexity index is 821. The SMILES string of the molecule is CCOC(=O)[C@H](c1ccc(Cl)cc1)N1CCN([C@@H](C(N)=O)c2ccccc2)CC1. The molecule has 2 atom stereocenters. The fourth-order valence-corrected chi connectivity index (χ4v) is 3.93. The third-order valence-corrected chi connectivity index (χ3v) is 5.41. The minimum Gasteiger partial charge on any atom is -0.465 e. The molecule has 0 unspecified atom stereocenters. The zero-order valence-corrected chi connectivity index (χ0v) is 17.2. The van der Waals surface area contributed by atoms with Gasteiger partial charge in [0.25, 0.3) is 0 Å². The Labute approximate surface area is 176 Å². The van der Waals surface area contributed by atoms with Crippen LogP contribution in [-0.4, -0.2) is 54.5 Å². The number of hydrogen-bond acceptors (Lipinski definition) is 5. The van der Waals surface area contributed by atoms with E-state index in [2.05, 4.69) is 9.80 Å². The molecule has 2 aromatic carbocycles. The summed E-state index contributed by atoms with van der Waals surface area (Å²) >= 11 is 6.00. The molecular weight excluding hydrogens is 390 g/mol. The first-order valence-electron chi connectivity index (χ1n) is 9.75. The Morgan fingerprint density at radius 3 is 1.97 bits per heavy atom. The summed E-state index contributed by atoms with van der Waals surface area (Å²) in [6.45, 7) is 4.58. The molecule has 0 saturated carbocycles. The molecule has 0 aromatic heterocycles. The summed E-state index contributed by atoms with van der Waals surface area (Å²) < 4.78 is 5.32. The van der Waals surface area contributed by atoms with E-state index >= 15 is 0 Å². The number of carbonyl (C=O) groups excluding carboxylic acids is 2. The van der Waals surface area contributed by atoms with E-state index in [1.165, 1.54) is 0 Å². The Morgan fingerprint density at radius 2 is 1.45 bits per heavy atom. The summed E-state index contributed by atoms with van der Waals surface area (Å²) in [5, 5.41) is 0.619. The third kappa shape index (κ3) is 5.15. The maximum Gasteiger partial charge on any atom is 0.328 e. The standard InChI is InChI=1S/C22H26ClN3O3/c1-2-29-22(28)20(17-8-10-18(23)11-9-17)26-14-12-25(13-15-26)19(21(24)27)16-6-4-3-5-7-16/h3-11,19-20H,2,12-15H2,1H3,(H2,24,27)/t19-,20+/m1/s1. The van der Waals surface area contributed by atoms with E-state index in [0.717, 1.165) is 11.1 Å². The molecule has 29 heavy (non-hydrogen) atoms. The first-order valence-corrected chi connectivity index (χ1v) is 10.1.